The molecule has 0 N–H and O–H groups in total. The van der Waals surface area contributed by atoms with Gasteiger partial charge in [-0.05, 0) is 85.4 Å². The monoisotopic (exact) mass is 415 g/mol. The quantitative estimate of drug-likeness (QED) is 0.173. The van der Waals surface area contributed by atoms with Gasteiger partial charge in [-0.15, -0.1) is 4.91 Å². The number of rotatable bonds is 8. The molecule has 4 aliphatic rings. The highest BCUT2D eigenvalue weighted by atomic mass is 16.7. The molecule has 0 aromatic rings. The second kappa shape index (κ2) is 8.94. The van der Waals surface area contributed by atoms with Gasteiger partial charge in [0.2, 0.25) is 0 Å². The van der Waals surface area contributed by atoms with E-state index in [4.69, 9.17) is 4.84 Å². The second-order valence-corrected chi connectivity index (χ2v) is 11.9. The molecule has 0 aliphatic heterocycles. The minimum atomic E-state index is 0.0108. The summed E-state index contributed by atoms with van der Waals surface area (Å²) in [6.07, 6.45) is 19.7. The lowest BCUT2D eigenvalue weighted by Crippen LogP contribution is -2.50. The number of unbranched alkanes of at least 4 members (excludes halogenated alkanes) is 3. The van der Waals surface area contributed by atoms with Crippen LogP contribution >= 0.6 is 0 Å². The maximum atomic E-state index is 10.6. The highest BCUT2D eigenvalue weighted by molar-refractivity contribution is 5.25. The number of allylic oxidation sites excluding steroid dienone is 1. The first-order chi connectivity index (χ1) is 14.4. The molecule has 4 rings (SSSR count). The van der Waals surface area contributed by atoms with Crippen LogP contribution < -0.4 is 0 Å². The molecule has 8 atom stereocenters. The molecule has 0 radical (unpaired) electrons. The third-order valence-electron chi connectivity index (χ3n) is 10.5. The highest BCUT2D eigenvalue weighted by Gasteiger charge is 2.59. The summed E-state index contributed by atoms with van der Waals surface area (Å²) in [6, 6.07) is 0. The van der Waals surface area contributed by atoms with E-state index in [2.05, 4.69) is 39.1 Å². The Morgan fingerprint density at radius 3 is 2.70 bits per heavy atom. The zero-order valence-corrected chi connectivity index (χ0v) is 20.0. The van der Waals surface area contributed by atoms with Crippen LogP contribution in [0.2, 0.25) is 0 Å². The molecule has 3 nitrogen and oxygen atoms in total. The maximum Gasteiger partial charge on any atom is 0.155 e. The van der Waals surface area contributed by atoms with Crippen molar-refractivity contribution >= 4 is 0 Å². The Kier molecular flexibility index (Phi) is 6.66. The van der Waals surface area contributed by atoms with E-state index < -0.39 is 0 Å². The smallest absolute Gasteiger partial charge is 0.155 e. The summed E-state index contributed by atoms with van der Waals surface area (Å²) in [7, 11) is 0. The van der Waals surface area contributed by atoms with E-state index in [9.17, 15) is 4.91 Å². The Hall–Kier alpha value is -0.860. The molecular formula is C27H45NO2. The van der Waals surface area contributed by atoms with Gasteiger partial charge in [-0.25, -0.2) is 0 Å². The molecule has 0 bridgehead atoms. The first-order valence-corrected chi connectivity index (χ1v) is 13.1. The molecular weight excluding hydrogens is 370 g/mol. The van der Waals surface area contributed by atoms with Crippen LogP contribution in [-0.4, -0.2) is 6.10 Å². The number of fused-ring (bicyclic) bond motifs is 5. The Morgan fingerprint density at radius 2 is 1.93 bits per heavy atom. The van der Waals surface area contributed by atoms with Crippen LogP contribution in [0.4, 0.5) is 0 Å². The molecule has 0 saturated heterocycles. The third-order valence-corrected chi connectivity index (χ3v) is 10.5. The average Bonchev–Trinajstić information content (AvgIpc) is 3.09. The molecule has 0 unspecified atom stereocenters. The van der Waals surface area contributed by atoms with Crippen LogP contribution in [0.15, 0.2) is 17.0 Å². The summed E-state index contributed by atoms with van der Waals surface area (Å²) in [6.45, 7) is 10.1. The molecule has 4 aliphatic carbocycles. The molecule has 0 aromatic heterocycles. The summed E-state index contributed by atoms with van der Waals surface area (Å²) < 4.78 is 0. The van der Waals surface area contributed by atoms with Crippen molar-refractivity contribution < 1.29 is 4.84 Å². The molecule has 170 valence electrons. The van der Waals surface area contributed by atoms with E-state index in [0.29, 0.717) is 10.8 Å². The molecule has 30 heavy (non-hydrogen) atoms. The summed E-state index contributed by atoms with van der Waals surface area (Å²) in [5.41, 5.74) is 2.47. The lowest BCUT2D eigenvalue weighted by molar-refractivity contribution is -0.0640. The van der Waals surface area contributed by atoms with Crippen molar-refractivity contribution in [2.24, 2.45) is 45.8 Å². The molecule has 0 heterocycles. The van der Waals surface area contributed by atoms with Crippen molar-refractivity contribution in [1.29, 1.82) is 0 Å². The predicted molar refractivity (Wildman–Crippen MR) is 124 cm³/mol. The van der Waals surface area contributed by atoms with Crippen LogP contribution in [0.1, 0.15) is 111 Å². The van der Waals surface area contributed by atoms with Gasteiger partial charge in [0.1, 0.15) is 6.10 Å². The van der Waals surface area contributed by atoms with Gasteiger partial charge in [-0.3, -0.25) is 0 Å². The molecule has 0 spiro atoms. The first kappa shape index (κ1) is 22.3. The Morgan fingerprint density at radius 1 is 1.10 bits per heavy atom. The molecule has 3 heteroatoms. The van der Waals surface area contributed by atoms with Gasteiger partial charge in [-0.2, -0.15) is 0 Å². The van der Waals surface area contributed by atoms with Gasteiger partial charge in [0.05, 0.1) is 0 Å². The van der Waals surface area contributed by atoms with Gasteiger partial charge >= 0.3 is 0 Å². The van der Waals surface area contributed by atoms with Gasteiger partial charge in [0, 0.05) is 6.42 Å². The van der Waals surface area contributed by atoms with Crippen molar-refractivity contribution in [3.63, 3.8) is 0 Å². The van der Waals surface area contributed by atoms with E-state index in [0.717, 1.165) is 42.4 Å². The van der Waals surface area contributed by atoms with E-state index in [1.54, 1.807) is 5.57 Å². The summed E-state index contributed by atoms with van der Waals surface area (Å²) in [5, 5.41) is 2.73. The SMILES string of the molecule is CCCCCC[C@@H](C)[C@H]1CC[C@H]2[C@@H]3CC=C4C[C@@H](ON=O)CC[C@]4(C)[C@H]3CC[C@]12C. The molecule has 0 aromatic carbocycles. The first-order valence-electron chi connectivity index (χ1n) is 13.1. The van der Waals surface area contributed by atoms with Crippen molar-refractivity contribution in [3.05, 3.63) is 16.6 Å². The zero-order chi connectivity index (χ0) is 21.4. The Bertz CT molecular complexity index is 645. The van der Waals surface area contributed by atoms with Crippen LogP contribution in [0.25, 0.3) is 0 Å². The normalized spacial score (nSPS) is 43.7. The van der Waals surface area contributed by atoms with Crippen molar-refractivity contribution in [2.75, 3.05) is 0 Å². The van der Waals surface area contributed by atoms with E-state index in [1.807, 2.05) is 0 Å². The van der Waals surface area contributed by atoms with Crippen molar-refractivity contribution in [3.8, 4) is 0 Å². The van der Waals surface area contributed by atoms with Crippen LogP contribution in [0, 0.1) is 45.3 Å². The van der Waals surface area contributed by atoms with E-state index in [1.165, 1.54) is 70.6 Å². The standard InChI is InChI=1S/C27H45NO2/c1-5-6-7-8-9-19(2)23-12-13-24-22-11-10-20-18-21(30-28-29)14-16-26(20,3)25(22)15-17-27(23,24)4/h10,19,21-25H,5-9,11-18H2,1-4H3/t19-,21+,22+,23-,24+,25+,26+,27-/m1/s1. The Labute approximate surface area is 184 Å². The largest absolute Gasteiger partial charge is 0.360 e. The lowest BCUT2D eigenvalue weighted by Gasteiger charge is -2.58. The predicted octanol–water partition coefficient (Wildman–Crippen LogP) is 8.24. The fraction of sp³-hybridized carbons (Fsp3) is 0.926. The van der Waals surface area contributed by atoms with Crippen molar-refractivity contribution in [2.45, 2.75) is 117 Å². The highest BCUT2D eigenvalue weighted by Crippen LogP contribution is 2.67. The number of hydrogen-bond acceptors (Lipinski definition) is 3. The fourth-order valence-electron chi connectivity index (χ4n) is 8.85. The summed E-state index contributed by atoms with van der Waals surface area (Å²) >= 11 is 0. The van der Waals surface area contributed by atoms with Gasteiger partial charge < -0.3 is 4.84 Å². The average molecular weight is 416 g/mol. The van der Waals surface area contributed by atoms with E-state index >= 15 is 0 Å². The minimum Gasteiger partial charge on any atom is -0.360 e. The van der Waals surface area contributed by atoms with Gasteiger partial charge in [0.15, 0.2) is 5.34 Å². The van der Waals surface area contributed by atoms with Gasteiger partial charge in [-0.1, -0.05) is 71.4 Å². The van der Waals surface area contributed by atoms with E-state index in [-0.39, 0.29) is 6.10 Å². The number of hydrogen-bond donors (Lipinski definition) is 0. The molecule has 3 saturated carbocycles. The maximum absolute atomic E-state index is 10.6. The lowest BCUT2D eigenvalue weighted by atomic mass is 9.47. The second-order valence-electron chi connectivity index (χ2n) is 11.9. The Balaban J connectivity index is 1.46. The van der Waals surface area contributed by atoms with Crippen LogP contribution in [-0.2, 0) is 4.84 Å². The number of nitrogens with zero attached hydrogens (tertiary/aromatic N) is 1. The van der Waals surface area contributed by atoms with Crippen LogP contribution in [0.3, 0.4) is 0 Å². The fourth-order valence-corrected chi connectivity index (χ4v) is 8.85. The topological polar surface area (TPSA) is 38.7 Å². The van der Waals surface area contributed by atoms with Gasteiger partial charge in [0.25, 0.3) is 0 Å². The minimum absolute atomic E-state index is 0.0108. The zero-order valence-electron chi connectivity index (χ0n) is 20.0. The third kappa shape index (κ3) is 3.77. The van der Waals surface area contributed by atoms with Crippen molar-refractivity contribution in [1.82, 2.24) is 0 Å². The molecule has 3 fully saturated rings. The summed E-state index contributed by atoms with van der Waals surface area (Å²) in [4.78, 5) is 15.7. The molecule has 0 amide bonds. The summed E-state index contributed by atoms with van der Waals surface area (Å²) in [5.74, 6) is 4.45. The van der Waals surface area contributed by atoms with Crippen LogP contribution in [0.5, 0.6) is 0 Å².